The first-order valence-corrected chi connectivity index (χ1v) is 13.3. The SMILES string of the molecule is CC(C)CCNC(=O)C1CCN(C(=O)c2ccc(S(=O)(=O)N3C[C@@H](C)O[C@H](C)C3)cc2)CC1. The molecular formula is C24H37N3O5S. The number of hydrogen-bond acceptors (Lipinski definition) is 5. The summed E-state index contributed by atoms with van der Waals surface area (Å²) in [6, 6.07) is 6.16. The largest absolute Gasteiger partial charge is 0.373 e. The number of sulfonamides is 1. The molecule has 2 aliphatic heterocycles. The van der Waals surface area contributed by atoms with Gasteiger partial charge in [0.1, 0.15) is 0 Å². The van der Waals surface area contributed by atoms with E-state index in [9.17, 15) is 18.0 Å². The minimum absolute atomic E-state index is 0.0629. The topological polar surface area (TPSA) is 96.0 Å². The summed E-state index contributed by atoms with van der Waals surface area (Å²) in [5.74, 6) is 0.425. The highest BCUT2D eigenvalue weighted by molar-refractivity contribution is 7.89. The summed E-state index contributed by atoms with van der Waals surface area (Å²) >= 11 is 0. The van der Waals surface area contributed by atoms with Gasteiger partial charge in [0, 0.05) is 44.2 Å². The Morgan fingerprint density at radius 1 is 1.06 bits per heavy atom. The van der Waals surface area contributed by atoms with Gasteiger partial charge >= 0.3 is 0 Å². The first-order valence-electron chi connectivity index (χ1n) is 11.9. The van der Waals surface area contributed by atoms with E-state index in [-0.39, 0.29) is 34.8 Å². The fourth-order valence-corrected chi connectivity index (χ4v) is 5.99. The van der Waals surface area contributed by atoms with E-state index < -0.39 is 10.0 Å². The van der Waals surface area contributed by atoms with Crippen LogP contribution in [0.1, 0.15) is 57.3 Å². The van der Waals surface area contributed by atoms with Crippen molar-refractivity contribution in [3.63, 3.8) is 0 Å². The summed E-state index contributed by atoms with van der Waals surface area (Å²) in [6.07, 6.45) is 1.91. The van der Waals surface area contributed by atoms with E-state index in [0.29, 0.717) is 57.0 Å². The van der Waals surface area contributed by atoms with Gasteiger partial charge in [-0.1, -0.05) is 13.8 Å². The van der Waals surface area contributed by atoms with Crippen LogP contribution in [0.3, 0.4) is 0 Å². The number of nitrogens with zero attached hydrogens (tertiary/aromatic N) is 2. The van der Waals surface area contributed by atoms with Gasteiger partial charge in [-0.15, -0.1) is 0 Å². The third kappa shape index (κ3) is 6.55. The van der Waals surface area contributed by atoms with Crippen LogP contribution in [0.4, 0.5) is 0 Å². The van der Waals surface area contributed by atoms with Crippen LogP contribution in [0.25, 0.3) is 0 Å². The smallest absolute Gasteiger partial charge is 0.253 e. The molecule has 2 amide bonds. The number of carbonyl (C=O) groups excluding carboxylic acids is 2. The molecule has 184 valence electrons. The van der Waals surface area contributed by atoms with Crippen LogP contribution in [0.5, 0.6) is 0 Å². The molecule has 0 radical (unpaired) electrons. The van der Waals surface area contributed by atoms with Gasteiger partial charge in [0.05, 0.1) is 17.1 Å². The lowest BCUT2D eigenvalue weighted by Gasteiger charge is -2.34. The molecule has 0 aliphatic carbocycles. The number of likely N-dealkylation sites (tertiary alicyclic amines) is 1. The zero-order valence-electron chi connectivity index (χ0n) is 20.1. The zero-order valence-corrected chi connectivity index (χ0v) is 20.9. The van der Waals surface area contributed by atoms with Gasteiger partial charge in [0.2, 0.25) is 15.9 Å². The third-order valence-corrected chi connectivity index (χ3v) is 8.14. The second kappa shape index (κ2) is 11.0. The highest BCUT2D eigenvalue weighted by Gasteiger charge is 2.33. The molecule has 2 saturated heterocycles. The van der Waals surface area contributed by atoms with Gasteiger partial charge in [-0.2, -0.15) is 4.31 Å². The van der Waals surface area contributed by atoms with Crippen molar-refractivity contribution in [3.05, 3.63) is 29.8 Å². The van der Waals surface area contributed by atoms with Crippen molar-refractivity contribution < 1.29 is 22.7 Å². The van der Waals surface area contributed by atoms with Gasteiger partial charge in [0.25, 0.3) is 5.91 Å². The second-order valence-corrected chi connectivity index (χ2v) is 11.6. The summed E-state index contributed by atoms with van der Waals surface area (Å²) < 4.78 is 33.1. The Hall–Kier alpha value is -1.97. The van der Waals surface area contributed by atoms with E-state index in [2.05, 4.69) is 19.2 Å². The number of carbonyl (C=O) groups is 2. The van der Waals surface area contributed by atoms with Crippen LogP contribution in [0, 0.1) is 11.8 Å². The molecule has 2 fully saturated rings. The average Bonchev–Trinajstić information content (AvgIpc) is 2.78. The van der Waals surface area contributed by atoms with Gasteiger partial charge in [-0.25, -0.2) is 8.42 Å². The summed E-state index contributed by atoms with van der Waals surface area (Å²) in [5, 5.41) is 3.00. The Morgan fingerprint density at radius 2 is 1.64 bits per heavy atom. The Labute approximate surface area is 197 Å². The van der Waals surface area contributed by atoms with Crippen LogP contribution < -0.4 is 5.32 Å². The second-order valence-electron chi connectivity index (χ2n) is 9.64. The van der Waals surface area contributed by atoms with E-state index in [1.165, 1.54) is 16.4 Å². The fourth-order valence-electron chi connectivity index (χ4n) is 4.40. The molecule has 9 heteroatoms. The van der Waals surface area contributed by atoms with E-state index in [1.54, 1.807) is 17.0 Å². The summed E-state index contributed by atoms with van der Waals surface area (Å²) in [4.78, 5) is 27.2. The predicted octanol–water partition coefficient (Wildman–Crippen LogP) is 2.50. The number of ether oxygens (including phenoxy) is 1. The van der Waals surface area contributed by atoms with E-state index in [0.717, 1.165) is 6.42 Å². The quantitative estimate of drug-likeness (QED) is 0.648. The number of rotatable bonds is 7. The van der Waals surface area contributed by atoms with Crippen molar-refractivity contribution in [3.8, 4) is 0 Å². The minimum Gasteiger partial charge on any atom is -0.373 e. The molecule has 8 nitrogen and oxygen atoms in total. The van der Waals surface area contributed by atoms with Crippen LogP contribution in [0.2, 0.25) is 0 Å². The number of benzene rings is 1. The molecular weight excluding hydrogens is 442 g/mol. The van der Waals surface area contributed by atoms with Crippen molar-refractivity contribution >= 4 is 21.8 Å². The molecule has 2 heterocycles. The lowest BCUT2D eigenvalue weighted by molar-refractivity contribution is -0.126. The Kier molecular flexibility index (Phi) is 8.53. The molecule has 0 spiro atoms. The molecule has 1 N–H and O–H groups in total. The lowest BCUT2D eigenvalue weighted by Crippen LogP contribution is -2.48. The maximum absolute atomic E-state index is 13.0. The van der Waals surface area contributed by atoms with Crippen LogP contribution in [-0.4, -0.2) is 74.4 Å². The first kappa shape index (κ1) is 25.6. The molecule has 1 aromatic rings. The number of piperidine rings is 1. The zero-order chi connectivity index (χ0) is 24.2. The van der Waals surface area contributed by atoms with Gasteiger partial charge in [-0.3, -0.25) is 9.59 Å². The Bertz CT molecular complexity index is 914. The maximum atomic E-state index is 13.0. The van der Waals surface area contributed by atoms with Crippen molar-refractivity contribution in [2.75, 3.05) is 32.7 Å². The molecule has 0 saturated carbocycles. The molecule has 0 bridgehead atoms. The lowest BCUT2D eigenvalue weighted by atomic mass is 9.95. The first-order chi connectivity index (χ1) is 15.6. The molecule has 3 rings (SSSR count). The molecule has 2 aliphatic rings. The van der Waals surface area contributed by atoms with Crippen molar-refractivity contribution in [1.82, 2.24) is 14.5 Å². The van der Waals surface area contributed by atoms with Gasteiger partial charge in [0.15, 0.2) is 0 Å². The highest BCUT2D eigenvalue weighted by Crippen LogP contribution is 2.23. The molecule has 2 atom stereocenters. The molecule has 33 heavy (non-hydrogen) atoms. The average molecular weight is 480 g/mol. The standard InChI is InChI=1S/C24H37N3O5S/c1-17(2)9-12-25-23(28)20-10-13-26(14-11-20)24(29)21-5-7-22(8-6-21)33(30,31)27-15-18(3)32-19(4)16-27/h5-8,17-20H,9-16H2,1-4H3,(H,25,28)/t18-,19-/m1/s1. The third-order valence-electron chi connectivity index (χ3n) is 6.30. The Morgan fingerprint density at radius 3 is 2.18 bits per heavy atom. The molecule has 1 aromatic carbocycles. The van der Waals surface area contributed by atoms with Crippen LogP contribution in [-0.2, 0) is 19.6 Å². The summed E-state index contributed by atoms with van der Waals surface area (Å²) in [6.45, 7) is 10.3. The number of nitrogens with one attached hydrogen (secondary N) is 1. The summed E-state index contributed by atoms with van der Waals surface area (Å²) in [5.41, 5.74) is 0.456. The van der Waals surface area contributed by atoms with E-state index in [4.69, 9.17) is 4.74 Å². The van der Waals surface area contributed by atoms with Crippen LogP contribution in [0.15, 0.2) is 29.2 Å². The van der Waals surface area contributed by atoms with E-state index in [1.807, 2.05) is 13.8 Å². The van der Waals surface area contributed by atoms with Gasteiger partial charge in [-0.05, 0) is 63.3 Å². The molecule has 0 aromatic heterocycles. The minimum atomic E-state index is -3.64. The summed E-state index contributed by atoms with van der Waals surface area (Å²) in [7, 11) is -3.64. The Balaban J connectivity index is 1.56. The number of morpholine rings is 1. The van der Waals surface area contributed by atoms with E-state index >= 15 is 0 Å². The van der Waals surface area contributed by atoms with Crippen molar-refractivity contribution in [2.45, 2.75) is 64.1 Å². The number of hydrogen-bond donors (Lipinski definition) is 1. The van der Waals surface area contributed by atoms with Crippen molar-refractivity contribution in [1.29, 1.82) is 0 Å². The predicted molar refractivity (Wildman–Crippen MR) is 126 cm³/mol. The van der Waals surface area contributed by atoms with Crippen LogP contribution >= 0.6 is 0 Å². The van der Waals surface area contributed by atoms with Gasteiger partial charge < -0.3 is 15.0 Å². The van der Waals surface area contributed by atoms with Crippen molar-refractivity contribution in [2.24, 2.45) is 11.8 Å². The highest BCUT2D eigenvalue weighted by atomic mass is 32.2. The maximum Gasteiger partial charge on any atom is 0.253 e. The number of amides is 2. The normalized spacial score (nSPS) is 23.0. The molecule has 0 unspecified atom stereocenters. The monoisotopic (exact) mass is 479 g/mol. The fraction of sp³-hybridized carbons (Fsp3) is 0.667.